The van der Waals surface area contributed by atoms with Crippen LogP contribution in [-0.2, 0) is 20.9 Å². The second-order valence-electron chi connectivity index (χ2n) is 7.48. The largest absolute Gasteiger partial charge is 0.461 e. The van der Waals surface area contributed by atoms with Crippen molar-refractivity contribution in [2.24, 2.45) is 0 Å². The van der Waals surface area contributed by atoms with Gasteiger partial charge >= 0.3 is 6.09 Å². The Balaban J connectivity index is 2.14. The van der Waals surface area contributed by atoms with Crippen LogP contribution in [0.2, 0.25) is 0 Å². The van der Waals surface area contributed by atoms with Gasteiger partial charge in [-0.25, -0.2) is 9.78 Å². The van der Waals surface area contributed by atoms with Gasteiger partial charge in [0.1, 0.15) is 12.2 Å². The quantitative estimate of drug-likeness (QED) is 0.641. The number of nitrogen functional groups attached to an aromatic ring is 1. The summed E-state index contributed by atoms with van der Waals surface area (Å²) in [6.45, 7) is 7.36. The van der Waals surface area contributed by atoms with Gasteiger partial charge in [0, 0.05) is 26.2 Å². The van der Waals surface area contributed by atoms with Crippen molar-refractivity contribution in [2.45, 2.75) is 51.9 Å². The molecule has 0 aromatic carbocycles. The summed E-state index contributed by atoms with van der Waals surface area (Å²) in [6.07, 6.45) is 1.34. The summed E-state index contributed by atoms with van der Waals surface area (Å²) in [4.78, 5) is 29.0. The van der Waals surface area contributed by atoms with Gasteiger partial charge < -0.3 is 30.7 Å². The molecule has 0 unspecified atom stereocenters. The van der Waals surface area contributed by atoms with E-state index in [-0.39, 0.29) is 12.6 Å². The number of aromatic nitrogens is 1. The van der Waals surface area contributed by atoms with Crippen LogP contribution < -0.4 is 21.3 Å². The summed E-state index contributed by atoms with van der Waals surface area (Å²) < 4.78 is 10.2. The minimum absolute atomic E-state index is 0.0473. The molecule has 0 radical (unpaired) electrons. The van der Waals surface area contributed by atoms with Gasteiger partial charge in [-0.1, -0.05) is 0 Å². The lowest BCUT2D eigenvalue weighted by molar-refractivity contribution is -0.129. The lowest BCUT2D eigenvalue weighted by Crippen LogP contribution is -2.49. The van der Waals surface area contributed by atoms with E-state index in [1.54, 1.807) is 7.05 Å². The number of rotatable bonds is 6. The van der Waals surface area contributed by atoms with Crippen LogP contribution >= 0.6 is 0 Å². The number of hydrogen-bond acceptors (Lipinski definition) is 8. The normalized spacial score (nSPS) is 17.2. The molecule has 4 N–H and O–H groups in total. The predicted molar refractivity (Wildman–Crippen MR) is 104 cm³/mol. The lowest BCUT2D eigenvalue weighted by atomic mass is 10.0. The molecule has 2 rings (SSSR count). The highest BCUT2D eigenvalue weighted by atomic mass is 16.6. The van der Waals surface area contributed by atoms with Crippen LogP contribution in [-0.4, -0.2) is 49.3 Å². The molecule has 1 aliphatic heterocycles. The average molecular weight is 379 g/mol. The first-order valence-electron chi connectivity index (χ1n) is 9.00. The number of hydrogen-bond donors (Lipinski definition) is 3. The van der Waals surface area contributed by atoms with Crippen LogP contribution in [0.25, 0.3) is 0 Å². The minimum atomic E-state index is -0.539. The van der Waals surface area contributed by atoms with Gasteiger partial charge in [0.05, 0.1) is 17.1 Å². The van der Waals surface area contributed by atoms with Gasteiger partial charge in [-0.3, -0.25) is 4.79 Å². The molecule has 9 heteroatoms. The van der Waals surface area contributed by atoms with Crippen LogP contribution in [0.5, 0.6) is 0 Å². The SMILES string of the molecule is CNc1nc(COC=O)cc(N2CCC[C@@H](NC(=O)OC(C)(C)C)C2)c1N. The van der Waals surface area contributed by atoms with Gasteiger partial charge in [-0.2, -0.15) is 0 Å². The number of nitrogens with zero attached hydrogens (tertiary/aromatic N) is 2. The van der Waals surface area contributed by atoms with E-state index in [2.05, 4.69) is 20.5 Å². The fourth-order valence-corrected chi connectivity index (χ4v) is 3.03. The summed E-state index contributed by atoms with van der Waals surface area (Å²) in [5.74, 6) is 0.527. The van der Waals surface area contributed by atoms with Crippen LogP contribution in [0.3, 0.4) is 0 Å². The van der Waals surface area contributed by atoms with Gasteiger partial charge in [0.2, 0.25) is 0 Å². The zero-order valence-electron chi connectivity index (χ0n) is 16.4. The van der Waals surface area contributed by atoms with Crippen molar-refractivity contribution in [1.29, 1.82) is 0 Å². The Hall–Kier alpha value is -2.71. The number of ether oxygens (including phenoxy) is 2. The third-order valence-electron chi connectivity index (χ3n) is 4.11. The fraction of sp³-hybridized carbons (Fsp3) is 0.611. The van der Waals surface area contributed by atoms with E-state index < -0.39 is 11.7 Å². The minimum Gasteiger partial charge on any atom is -0.461 e. The number of nitrogens with one attached hydrogen (secondary N) is 2. The Morgan fingerprint density at radius 1 is 1.48 bits per heavy atom. The van der Waals surface area contributed by atoms with Crippen LogP contribution in [0.15, 0.2) is 6.07 Å². The third-order valence-corrected chi connectivity index (χ3v) is 4.11. The molecular formula is C18H29N5O4. The number of carbonyl (C=O) groups excluding carboxylic acids is 2. The van der Waals surface area contributed by atoms with E-state index in [1.165, 1.54) is 0 Å². The van der Waals surface area contributed by atoms with Crippen molar-refractivity contribution in [2.75, 3.05) is 36.1 Å². The number of alkyl carbamates (subject to hydrolysis) is 1. The first kappa shape index (κ1) is 20.6. The van der Waals surface area contributed by atoms with Crippen LogP contribution in [0, 0.1) is 0 Å². The summed E-state index contributed by atoms with van der Waals surface area (Å²) in [5.41, 5.74) is 7.64. The van der Waals surface area contributed by atoms with Crippen LogP contribution in [0.1, 0.15) is 39.3 Å². The molecule has 1 aromatic heterocycles. The van der Waals surface area contributed by atoms with Gasteiger partial charge in [0.25, 0.3) is 6.47 Å². The summed E-state index contributed by atoms with van der Waals surface area (Å²) in [6, 6.07) is 1.77. The van der Waals surface area contributed by atoms with E-state index in [0.29, 0.717) is 30.2 Å². The molecule has 1 fully saturated rings. The second-order valence-corrected chi connectivity index (χ2v) is 7.48. The molecule has 27 heavy (non-hydrogen) atoms. The van der Waals surface area contributed by atoms with E-state index in [4.69, 9.17) is 15.2 Å². The highest BCUT2D eigenvalue weighted by Gasteiger charge is 2.26. The Kier molecular flexibility index (Phi) is 6.70. The maximum Gasteiger partial charge on any atom is 0.407 e. The first-order valence-corrected chi connectivity index (χ1v) is 9.00. The lowest BCUT2D eigenvalue weighted by Gasteiger charge is -2.36. The fourth-order valence-electron chi connectivity index (χ4n) is 3.03. The molecule has 150 valence electrons. The van der Waals surface area contributed by atoms with Gasteiger partial charge in [0.15, 0.2) is 5.82 Å². The molecular weight excluding hydrogens is 350 g/mol. The van der Waals surface area contributed by atoms with Crippen molar-refractivity contribution in [3.8, 4) is 0 Å². The number of pyridine rings is 1. The highest BCUT2D eigenvalue weighted by Crippen LogP contribution is 2.32. The number of nitrogens with two attached hydrogens (primary N) is 1. The topological polar surface area (TPSA) is 119 Å². The Morgan fingerprint density at radius 3 is 2.85 bits per heavy atom. The number of amides is 1. The third kappa shape index (κ3) is 5.90. The molecule has 2 heterocycles. The predicted octanol–water partition coefficient (Wildman–Crippen LogP) is 1.87. The molecule has 0 aliphatic carbocycles. The van der Waals surface area contributed by atoms with Crippen molar-refractivity contribution < 1.29 is 19.1 Å². The molecule has 9 nitrogen and oxygen atoms in total. The maximum atomic E-state index is 12.1. The molecule has 1 aromatic rings. The molecule has 0 spiro atoms. The molecule has 1 amide bonds. The van der Waals surface area contributed by atoms with Crippen molar-refractivity contribution in [3.05, 3.63) is 11.8 Å². The number of anilines is 3. The molecule has 1 saturated heterocycles. The van der Waals surface area contributed by atoms with E-state index >= 15 is 0 Å². The highest BCUT2D eigenvalue weighted by molar-refractivity contribution is 5.79. The Morgan fingerprint density at radius 2 is 2.22 bits per heavy atom. The average Bonchev–Trinajstić information content (AvgIpc) is 2.59. The standard InChI is InChI=1S/C18H29N5O4/c1-18(2,3)27-17(25)22-12-6-5-7-23(9-12)14-8-13(10-26-11-24)21-16(20-4)15(14)19/h8,11-12H,5-7,9-10,19H2,1-4H3,(H,20,21)(H,22,25)/t12-/m1/s1. The maximum absolute atomic E-state index is 12.1. The van der Waals surface area contributed by atoms with Gasteiger partial charge in [-0.15, -0.1) is 0 Å². The Labute approximate surface area is 159 Å². The Bertz CT molecular complexity index is 674. The van der Waals surface area contributed by atoms with E-state index in [9.17, 15) is 9.59 Å². The number of piperidine rings is 1. The summed E-state index contributed by atoms with van der Waals surface area (Å²) in [5, 5.41) is 5.89. The summed E-state index contributed by atoms with van der Waals surface area (Å²) in [7, 11) is 1.73. The first-order chi connectivity index (χ1) is 12.7. The molecule has 1 atom stereocenters. The van der Waals surface area contributed by atoms with Crippen molar-refractivity contribution in [3.63, 3.8) is 0 Å². The van der Waals surface area contributed by atoms with Gasteiger partial charge in [-0.05, 0) is 39.7 Å². The monoisotopic (exact) mass is 379 g/mol. The zero-order chi connectivity index (χ0) is 20.0. The molecule has 1 aliphatic rings. The molecule has 0 saturated carbocycles. The van der Waals surface area contributed by atoms with Crippen molar-refractivity contribution in [1.82, 2.24) is 10.3 Å². The van der Waals surface area contributed by atoms with E-state index in [0.717, 1.165) is 25.1 Å². The van der Waals surface area contributed by atoms with Crippen LogP contribution in [0.4, 0.5) is 22.0 Å². The van der Waals surface area contributed by atoms with Crippen molar-refractivity contribution >= 4 is 29.8 Å². The second kappa shape index (κ2) is 8.79. The number of carbonyl (C=O) groups is 2. The zero-order valence-corrected chi connectivity index (χ0v) is 16.4. The van der Waals surface area contributed by atoms with E-state index in [1.807, 2.05) is 26.8 Å². The summed E-state index contributed by atoms with van der Waals surface area (Å²) >= 11 is 0. The smallest absolute Gasteiger partial charge is 0.407 e. The molecule has 0 bridgehead atoms.